The number of carbonyl (C=O) groups is 2. The van der Waals surface area contributed by atoms with Crippen molar-refractivity contribution in [1.82, 2.24) is 5.32 Å². The number of fused-ring (bicyclic) bond motifs is 2. The van der Waals surface area contributed by atoms with Crippen LogP contribution in [-0.4, -0.2) is 24.0 Å². The first-order valence-electron chi connectivity index (χ1n) is 8.46. The summed E-state index contributed by atoms with van der Waals surface area (Å²) in [7, 11) is 0. The van der Waals surface area contributed by atoms with Crippen LogP contribution in [0.4, 0.5) is 5.69 Å². The standard InChI is InChI=1S/C20H17N3O3/c21-12-20(8-7-13-3-1-2-4-15(13)10-20)23-19(25)14-5-6-16-17(9-14)26-11-18(24)22-16/h1-6,9H,7-8,10-11H2,(H,22,24)(H,23,25)/t20-/m0/s1. The molecule has 1 aliphatic heterocycles. The van der Waals surface area contributed by atoms with Crippen molar-refractivity contribution in [2.45, 2.75) is 24.8 Å². The van der Waals surface area contributed by atoms with Crippen LogP contribution in [0.5, 0.6) is 5.75 Å². The lowest BCUT2D eigenvalue weighted by molar-refractivity contribution is -0.118. The Labute approximate surface area is 150 Å². The van der Waals surface area contributed by atoms with E-state index < -0.39 is 5.54 Å². The summed E-state index contributed by atoms with van der Waals surface area (Å²) in [5, 5.41) is 15.3. The second-order valence-corrected chi connectivity index (χ2v) is 6.64. The molecule has 26 heavy (non-hydrogen) atoms. The highest BCUT2D eigenvalue weighted by Gasteiger charge is 2.36. The summed E-state index contributed by atoms with van der Waals surface area (Å²) in [5.74, 6) is -0.0921. The molecule has 1 heterocycles. The van der Waals surface area contributed by atoms with Crippen LogP contribution in [0.25, 0.3) is 0 Å². The first-order valence-corrected chi connectivity index (χ1v) is 8.46. The molecule has 2 aromatic carbocycles. The minimum Gasteiger partial charge on any atom is -0.482 e. The predicted octanol–water partition coefficient (Wildman–Crippen LogP) is 2.20. The minimum atomic E-state index is -0.920. The lowest BCUT2D eigenvalue weighted by Crippen LogP contribution is -2.51. The van der Waals surface area contributed by atoms with Gasteiger partial charge < -0.3 is 15.4 Å². The molecular formula is C20H17N3O3. The fourth-order valence-electron chi connectivity index (χ4n) is 3.47. The summed E-state index contributed by atoms with van der Waals surface area (Å²) in [6.07, 6.45) is 1.82. The highest BCUT2D eigenvalue weighted by atomic mass is 16.5. The van der Waals surface area contributed by atoms with Crippen molar-refractivity contribution in [3.8, 4) is 11.8 Å². The van der Waals surface area contributed by atoms with Gasteiger partial charge in [-0.05, 0) is 42.2 Å². The predicted molar refractivity (Wildman–Crippen MR) is 94.8 cm³/mol. The van der Waals surface area contributed by atoms with Gasteiger partial charge in [0.25, 0.3) is 11.8 Å². The summed E-state index contributed by atoms with van der Waals surface area (Å²) in [4.78, 5) is 24.1. The van der Waals surface area contributed by atoms with Gasteiger partial charge in [0.05, 0.1) is 11.8 Å². The largest absolute Gasteiger partial charge is 0.482 e. The van der Waals surface area contributed by atoms with Crippen LogP contribution >= 0.6 is 0 Å². The third kappa shape index (κ3) is 2.88. The SMILES string of the molecule is N#C[C@]1(NC(=O)c2ccc3c(c2)OCC(=O)N3)CCc2ccccc2C1. The Morgan fingerprint density at radius 2 is 2.04 bits per heavy atom. The van der Waals surface area contributed by atoms with Crippen LogP contribution in [0.1, 0.15) is 27.9 Å². The molecule has 4 rings (SSSR count). The molecule has 6 nitrogen and oxygen atoms in total. The normalized spacial score (nSPS) is 20.7. The van der Waals surface area contributed by atoms with Crippen LogP contribution in [0, 0.1) is 11.3 Å². The molecule has 0 fully saturated rings. The number of amides is 2. The number of ether oxygens (including phenoxy) is 1. The van der Waals surface area contributed by atoms with Gasteiger partial charge in [-0.1, -0.05) is 24.3 Å². The average Bonchev–Trinajstić information content (AvgIpc) is 2.67. The average molecular weight is 347 g/mol. The van der Waals surface area contributed by atoms with E-state index >= 15 is 0 Å². The Bertz CT molecular complexity index is 948. The number of nitriles is 1. The number of nitrogens with one attached hydrogen (secondary N) is 2. The lowest BCUT2D eigenvalue weighted by atomic mass is 9.78. The topological polar surface area (TPSA) is 91.2 Å². The first-order chi connectivity index (χ1) is 12.6. The summed E-state index contributed by atoms with van der Waals surface area (Å²) < 4.78 is 5.36. The molecule has 0 radical (unpaired) electrons. The van der Waals surface area contributed by atoms with Crippen molar-refractivity contribution >= 4 is 17.5 Å². The zero-order valence-electron chi connectivity index (χ0n) is 14.0. The van der Waals surface area contributed by atoms with E-state index in [2.05, 4.69) is 22.8 Å². The molecule has 2 N–H and O–H groups in total. The number of anilines is 1. The zero-order valence-corrected chi connectivity index (χ0v) is 14.0. The zero-order chi connectivity index (χ0) is 18.1. The van der Waals surface area contributed by atoms with E-state index in [1.165, 1.54) is 5.56 Å². The Kier molecular flexibility index (Phi) is 3.85. The third-order valence-corrected chi connectivity index (χ3v) is 4.88. The highest BCUT2D eigenvalue weighted by molar-refractivity contribution is 5.99. The number of carbonyl (C=O) groups excluding carboxylic acids is 2. The molecule has 0 bridgehead atoms. The molecule has 2 aliphatic rings. The molecule has 130 valence electrons. The van der Waals surface area contributed by atoms with Crippen LogP contribution in [0.15, 0.2) is 42.5 Å². The van der Waals surface area contributed by atoms with Crippen molar-refractivity contribution < 1.29 is 14.3 Å². The summed E-state index contributed by atoms with van der Waals surface area (Å²) >= 11 is 0. The molecule has 2 amide bonds. The molecule has 0 saturated heterocycles. The Morgan fingerprint density at radius 1 is 1.23 bits per heavy atom. The molecule has 0 spiro atoms. The summed E-state index contributed by atoms with van der Waals surface area (Å²) in [5.41, 5.74) is 2.34. The van der Waals surface area contributed by atoms with Gasteiger partial charge in [-0.15, -0.1) is 0 Å². The number of hydrogen-bond donors (Lipinski definition) is 2. The van der Waals surface area contributed by atoms with Gasteiger partial charge in [0.1, 0.15) is 11.3 Å². The smallest absolute Gasteiger partial charge is 0.262 e. The minimum absolute atomic E-state index is 0.0724. The monoisotopic (exact) mass is 347 g/mol. The maximum absolute atomic E-state index is 12.7. The molecule has 1 atom stereocenters. The first kappa shape index (κ1) is 16.2. The second-order valence-electron chi connectivity index (χ2n) is 6.64. The molecular weight excluding hydrogens is 330 g/mol. The molecule has 1 aliphatic carbocycles. The van der Waals surface area contributed by atoms with E-state index in [9.17, 15) is 14.9 Å². The number of benzene rings is 2. The fraction of sp³-hybridized carbons (Fsp3) is 0.250. The summed E-state index contributed by atoms with van der Waals surface area (Å²) in [6, 6.07) is 15.1. The number of rotatable bonds is 2. The van der Waals surface area contributed by atoms with Gasteiger partial charge in [0, 0.05) is 12.0 Å². The van der Waals surface area contributed by atoms with E-state index in [1.807, 2.05) is 18.2 Å². The van der Waals surface area contributed by atoms with Crippen LogP contribution < -0.4 is 15.4 Å². The second kappa shape index (κ2) is 6.19. The highest BCUT2D eigenvalue weighted by Crippen LogP contribution is 2.31. The van der Waals surface area contributed by atoms with Gasteiger partial charge in [0.2, 0.25) is 0 Å². The fourth-order valence-corrected chi connectivity index (χ4v) is 3.47. The van der Waals surface area contributed by atoms with Crippen molar-refractivity contribution in [1.29, 1.82) is 5.26 Å². The Balaban J connectivity index is 1.56. The quantitative estimate of drug-likeness (QED) is 0.871. The van der Waals surface area contributed by atoms with Gasteiger partial charge in [-0.2, -0.15) is 5.26 Å². The third-order valence-electron chi connectivity index (χ3n) is 4.88. The Morgan fingerprint density at radius 3 is 2.85 bits per heavy atom. The number of aryl methyl sites for hydroxylation is 1. The maximum Gasteiger partial charge on any atom is 0.262 e. The van der Waals surface area contributed by atoms with Crippen molar-refractivity contribution in [3.05, 3.63) is 59.2 Å². The lowest BCUT2D eigenvalue weighted by Gasteiger charge is -2.33. The summed E-state index contributed by atoms with van der Waals surface area (Å²) in [6.45, 7) is -0.0724. The van der Waals surface area contributed by atoms with E-state index in [0.29, 0.717) is 29.8 Å². The molecule has 2 aromatic rings. The van der Waals surface area contributed by atoms with E-state index in [0.717, 1.165) is 12.0 Å². The number of hydrogen-bond acceptors (Lipinski definition) is 4. The van der Waals surface area contributed by atoms with Crippen molar-refractivity contribution in [2.24, 2.45) is 0 Å². The van der Waals surface area contributed by atoms with Gasteiger partial charge in [-0.3, -0.25) is 9.59 Å². The van der Waals surface area contributed by atoms with Crippen LogP contribution in [0.3, 0.4) is 0 Å². The van der Waals surface area contributed by atoms with Crippen LogP contribution in [-0.2, 0) is 17.6 Å². The van der Waals surface area contributed by atoms with Crippen LogP contribution in [0.2, 0.25) is 0 Å². The van der Waals surface area contributed by atoms with E-state index in [4.69, 9.17) is 4.74 Å². The van der Waals surface area contributed by atoms with Gasteiger partial charge in [0.15, 0.2) is 6.61 Å². The van der Waals surface area contributed by atoms with Crippen molar-refractivity contribution in [3.63, 3.8) is 0 Å². The molecule has 0 unspecified atom stereocenters. The van der Waals surface area contributed by atoms with E-state index in [1.54, 1.807) is 18.2 Å². The molecule has 6 heteroatoms. The molecule has 0 aromatic heterocycles. The van der Waals surface area contributed by atoms with E-state index in [-0.39, 0.29) is 18.4 Å². The Hall–Kier alpha value is -3.33. The maximum atomic E-state index is 12.7. The van der Waals surface area contributed by atoms with Gasteiger partial charge in [-0.25, -0.2) is 0 Å². The van der Waals surface area contributed by atoms with Crippen molar-refractivity contribution in [2.75, 3.05) is 11.9 Å². The van der Waals surface area contributed by atoms with Gasteiger partial charge >= 0.3 is 0 Å². The molecule has 0 saturated carbocycles. The number of nitrogens with zero attached hydrogens (tertiary/aromatic N) is 1.